The molecule has 3 heterocycles. The number of hydrogen-bond donors (Lipinski definition) is 0. The highest BCUT2D eigenvalue weighted by Crippen LogP contribution is 2.59. The van der Waals surface area contributed by atoms with E-state index in [0.29, 0.717) is 17.3 Å². The number of thiophene rings is 1. The highest BCUT2D eigenvalue weighted by molar-refractivity contribution is 7.91. The minimum atomic E-state index is -3.37. The molecule has 0 unspecified atom stereocenters. The molecule has 2 saturated heterocycles. The number of carbonyl (C=O) groups excluding carboxylic acids is 1. The predicted molar refractivity (Wildman–Crippen MR) is 84.0 cm³/mol. The summed E-state index contributed by atoms with van der Waals surface area (Å²) in [6, 6.07) is 3.42. The van der Waals surface area contributed by atoms with Gasteiger partial charge in [0.1, 0.15) is 4.21 Å². The van der Waals surface area contributed by atoms with E-state index in [0.717, 1.165) is 38.8 Å². The molecule has 3 aliphatic rings. The molecule has 5 nitrogen and oxygen atoms in total. The van der Waals surface area contributed by atoms with Crippen molar-refractivity contribution in [2.24, 2.45) is 11.3 Å². The van der Waals surface area contributed by atoms with Crippen LogP contribution in [0.1, 0.15) is 25.7 Å². The second-order valence-electron chi connectivity index (χ2n) is 6.67. The van der Waals surface area contributed by atoms with Crippen LogP contribution in [-0.4, -0.2) is 49.7 Å². The molecule has 0 aromatic carbocycles. The summed E-state index contributed by atoms with van der Waals surface area (Å²) in [5.74, 6) is 0.307. The third-order valence-electron chi connectivity index (χ3n) is 5.35. The van der Waals surface area contributed by atoms with E-state index >= 15 is 0 Å². The molecular weight excluding hydrogens is 320 g/mol. The zero-order chi connectivity index (χ0) is 15.4. The molecular formula is C15H20N2O3S2. The molecule has 1 amide bonds. The fourth-order valence-corrected chi connectivity index (χ4v) is 6.59. The highest BCUT2D eigenvalue weighted by atomic mass is 32.2. The summed E-state index contributed by atoms with van der Waals surface area (Å²) in [7, 11) is -3.37. The maximum Gasteiger partial charge on any atom is 0.252 e. The Morgan fingerprint density at radius 1 is 1.27 bits per heavy atom. The molecule has 120 valence electrons. The first-order valence-electron chi connectivity index (χ1n) is 7.85. The van der Waals surface area contributed by atoms with Gasteiger partial charge in [-0.05, 0) is 42.5 Å². The molecule has 1 aromatic heterocycles. The monoisotopic (exact) mass is 340 g/mol. The molecule has 2 atom stereocenters. The van der Waals surface area contributed by atoms with Gasteiger partial charge in [-0.25, -0.2) is 8.42 Å². The van der Waals surface area contributed by atoms with Crippen LogP contribution in [0.15, 0.2) is 21.7 Å². The van der Waals surface area contributed by atoms with Crippen LogP contribution in [0.25, 0.3) is 0 Å². The lowest BCUT2D eigenvalue weighted by molar-refractivity contribution is -0.132. The maximum atomic E-state index is 12.6. The van der Waals surface area contributed by atoms with Crippen molar-refractivity contribution < 1.29 is 13.2 Å². The van der Waals surface area contributed by atoms with Gasteiger partial charge in [0.25, 0.3) is 10.0 Å². The predicted octanol–water partition coefficient (Wildman–Crippen LogP) is 1.77. The van der Waals surface area contributed by atoms with Gasteiger partial charge in [0.05, 0.1) is 0 Å². The van der Waals surface area contributed by atoms with E-state index < -0.39 is 10.0 Å². The zero-order valence-electron chi connectivity index (χ0n) is 12.4. The number of hydrogen-bond acceptors (Lipinski definition) is 4. The van der Waals surface area contributed by atoms with Crippen molar-refractivity contribution in [1.29, 1.82) is 0 Å². The quantitative estimate of drug-likeness (QED) is 0.843. The Bertz CT molecular complexity index is 680. The minimum absolute atomic E-state index is 0.0501. The SMILES string of the molecule is O=C([C@@H]1C[C@@]12CCN(S(=O)(=O)c1cccs1)C2)N1CCCC1. The van der Waals surface area contributed by atoms with E-state index in [1.807, 2.05) is 4.90 Å². The van der Waals surface area contributed by atoms with Gasteiger partial charge >= 0.3 is 0 Å². The first-order chi connectivity index (χ1) is 10.5. The summed E-state index contributed by atoms with van der Waals surface area (Å²) in [6.45, 7) is 2.81. The van der Waals surface area contributed by atoms with Crippen molar-refractivity contribution >= 4 is 27.3 Å². The number of likely N-dealkylation sites (tertiary alicyclic amines) is 1. The van der Waals surface area contributed by atoms with E-state index in [2.05, 4.69) is 0 Å². The van der Waals surface area contributed by atoms with Crippen LogP contribution in [-0.2, 0) is 14.8 Å². The van der Waals surface area contributed by atoms with Gasteiger partial charge in [0.15, 0.2) is 0 Å². The van der Waals surface area contributed by atoms with E-state index in [1.54, 1.807) is 21.8 Å². The summed E-state index contributed by atoms with van der Waals surface area (Å²) in [6.07, 6.45) is 3.88. The largest absolute Gasteiger partial charge is 0.342 e. The van der Waals surface area contributed by atoms with Gasteiger partial charge in [-0.1, -0.05) is 6.07 Å². The summed E-state index contributed by atoms with van der Waals surface area (Å²) < 4.78 is 27.2. The van der Waals surface area contributed by atoms with Crippen molar-refractivity contribution in [3.63, 3.8) is 0 Å². The molecule has 0 radical (unpaired) electrons. The van der Waals surface area contributed by atoms with Crippen molar-refractivity contribution in [1.82, 2.24) is 9.21 Å². The molecule has 0 N–H and O–H groups in total. The molecule has 1 aliphatic carbocycles. The maximum absolute atomic E-state index is 12.6. The number of rotatable bonds is 3. The molecule has 1 aromatic rings. The van der Waals surface area contributed by atoms with Gasteiger partial charge in [-0.15, -0.1) is 11.3 Å². The Morgan fingerprint density at radius 2 is 2.05 bits per heavy atom. The van der Waals surface area contributed by atoms with Crippen LogP contribution in [0.4, 0.5) is 0 Å². The third kappa shape index (κ3) is 2.21. The first-order valence-corrected chi connectivity index (χ1v) is 10.2. The Kier molecular flexibility index (Phi) is 3.36. The van der Waals surface area contributed by atoms with Crippen molar-refractivity contribution in [2.75, 3.05) is 26.2 Å². The molecule has 4 rings (SSSR count). The normalized spacial score (nSPS) is 32.0. The molecule has 22 heavy (non-hydrogen) atoms. The molecule has 2 aliphatic heterocycles. The average molecular weight is 340 g/mol. The molecule has 3 fully saturated rings. The summed E-state index contributed by atoms with van der Waals surface area (Å²) >= 11 is 1.26. The second-order valence-corrected chi connectivity index (χ2v) is 9.78. The van der Waals surface area contributed by atoms with Crippen molar-refractivity contribution in [3.8, 4) is 0 Å². The highest BCUT2D eigenvalue weighted by Gasteiger charge is 2.63. The average Bonchev–Trinajstić information content (AvgIpc) is 3.03. The fraction of sp³-hybridized carbons (Fsp3) is 0.667. The molecule has 7 heteroatoms. The van der Waals surface area contributed by atoms with Crippen LogP contribution in [0.2, 0.25) is 0 Å². The van der Waals surface area contributed by atoms with Gasteiger partial charge in [0, 0.05) is 32.1 Å². The van der Waals surface area contributed by atoms with Gasteiger partial charge in [0.2, 0.25) is 5.91 Å². The number of nitrogens with zero attached hydrogens (tertiary/aromatic N) is 2. The van der Waals surface area contributed by atoms with E-state index in [1.165, 1.54) is 11.3 Å². The van der Waals surface area contributed by atoms with Crippen LogP contribution >= 0.6 is 11.3 Å². The van der Waals surface area contributed by atoms with Gasteiger partial charge in [-0.3, -0.25) is 4.79 Å². The summed E-state index contributed by atoms with van der Waals surface area (Å²) in [5, 5.41) is 1.79. The smallest absolute Gasteiger partial charge is 0.252 e. The van der Waals surface area contributed by atoms with E-state index in [9.17, 15) is 13.2 Å². The van der Waals surface area contributed by atoms with Crippen LogP contribution in [0, 0.1) is 11.3 Å². The topological polar surface area (TPSA) is 57.7 Å². The summed E-state index contributed by atoms with van der Waals surface area (Å²) in [5.41, 5.74) is -0.0794. The third-order valence-corrected chi connectivity index (χ3v) is 8.56. The van der Waals surface area contributed by atoms with E-state index in [4.69, 9.17) is 0 Å². The molecule has 1 saturated carbocycles. The fourth-order valence-electron chi connectivity index (χ4n) is 3.91. The zero-order valence-corrected chi connectivity index (χ0v) is 14.0. The lowest BCUT2D eigenvalue weighted by Crippen LogP contribution is -2.32. The van der Waals surface area contributed by atoms with Crippen LogP contribution in [0.5, 0.6) is 0 Å². The van der Waals surface area contributed by atoms with Crippen LogP contribution in [0.3, 0.4) is 0 Å². The van der Waals surface area contributed by atoms with Crippen LogP contribution < -0.4 is 0 Å². The number of carbonyl (C=O) groups is 1. The Labute approximate surface area is 135 Å². The second kappa shape index (κ2) is 5.04. The molecule has 1 spiro atoms. The van der Waals surface area contributed by atoms with Crippen molar-refractivity contribution in [2.45, 2.75) is 29.9 Å². The lowest BCUT2D eigenvalue weighted by Gasteiger charge is -2.18. The lowest BCUT2D eigenvalue weighted by atomic mass is 10.0. The Balaban J connectivity index is 1.46. The van der Waals surface area contributed by atoms with Crippen molar-refractivity contribution in [3.05, 3.63) is 17.5 Å². The number of amides is 1. The Hall–Kier alpha value is -0.920. The first kappa shape index (κ1) is 14.7. The molecule has 0 bridgehead atoms. The van der Waals surface area contributed by atoms with Gasteiger partial charge < -0.3 is 4.90 Å². The Morgan fingerprint density at radius 3 is 2.73 bits per heavy atom. The summed E-state index contributed by atoms with van der Waals surface area (Å²) in [4.78, 5) is 14.5. The standard InChI is InChI=1S/C15H20N2O3S2/c18-14(16-6-1-2-7-16)12-10-15(12)5-8-17(11-15)22(19,20)13-4-3-9-21-13/h3-4,9,12H,1-2,5-8,10-11H2/t12-,15+/m0/s1. The van der Waals surface area contributed by atoms with E-state index in [-0.39, 0.29) is 17.2 Å². The minimum Gasteiger partial charge on any atom is -0.342 e. The van der Waals surface area contributed by atoms with Gasteiger partial charge in [-0.2, -0.15) is 4.31 Å². The number of sulfonamides is 1.